The maximum atomic E-state index is 5.87. The van der Waals surface area contributed by atoms with Crippen molar-refractivity contribution in [2.24, 2.45) is 0 Å². The van der Waals surface area contributed by atoms with Gasteiger partial charge in [-0.25, -0.2) is 0 Å². The van der Waals surface area contributed by atoms with E-state index in [2.05, 4.69) is 6.33 Å². The molecule has 11 heavy (non-hydrogen) atoms. The van der Waals surface area contributed by atoms with Gasteiger partial charge in [0.1, 0.15) is 0 Å². The molecule has 1 heterocycles. The van der Waals surface area contributed by atoms with Crippen molar-refractivity contribution in [1.29, 1.82) is 0 Å². The molecule has 0 saturated heterocycles. The number of rotatable bonds is 2. The predicted molar refractivity (Wildman–Crippen MR) is 44.8 cm³/mol. The van der Waals surface area contributed by atoms with Crippen molar-refractivity contribution >= 4 is 23.2 Å². The first kappa shape index (κ1) is 8.88. The van der Waals surface area contributed by atoms with E-state index in [0.717, 1.165) is 13.1 Å². The minimum atomic E-state index is 0.566. The largest absolute Gasteiger partial charge is 0.334 e. The van der Waals surface area contributed by atoms with Crippen LogP contribution < -0.4 is 4.57 Å². The van der Waals surface area contributed by atoms with Gasteiger partial charge in [-0.05, 0) is 13.8 Å². The summed E-state index contributed by atoms with van der Waals surface area (Å²) in [5.41, 5.74) is 0. The zero-order chi connectivity index (χ0) is 8.43. The molecule has 1 aromatic heterocycles. The Labute approximate surface area is 76.3 Å². The molecular formula is C7H10Cl2N2. The zero-order valence-electron chi connectivity index (χ0n) is 6.56. The zero-order valence-corrected chi connectivity index (χ0v) is 8.08. The summed E-state index contributed by atoms with van der Waals surface area (Å²) in [4.78, 5) is 0. The number of nitrogens with zero attached hydrogens (tertiary/aromatic N) is 2. The molecule has 0 aliphatic heterocycles. The summed E-state index contributed by atoms with van der Waals surface area (Å²) in [6.45, 7) is 5.59. The van der Waals surface area contributed by atoms with Gasteiger partial charge >= 0.3 is 0 Å². The van der Waals surface area contributed by atoms with Gasteiger partial charge < -0.3 is 9.13 Å². The molecule has 0 unspecified atom stereocenters. The van der Waals surface area contributed by atoms with Gasteiger partial charge in [0.2, 0.25) is 6.33 Å². The fourth-order valence-electron chi connectivity index (χ4n) is 0.875. The van der Waals surface area contributed by atoms with Crippen LogP contribution in [0.5, 0.6) is 0 Å². The summed E-state index contributed by atoms with van der Waals surface area (Å²) >= 11 is 11.7. The second-order valence-corrected chi connectivity index (χ2v) is 2.89. The van der Waals surface area contributed by atoms with Gasteiger partial charge in [-0.1, -0.05) is 0 Å². The lowest BCUT2D eigenvalue weighted by atomic mass is 10.7. The lowest BCUT2D eigenvalue weighted by Crippen LogP contribution is -2.31. The molecule has 0 radical (unpaired) electrons. The van der Waals surface area contributed by atoms with E-state index in [4.69, 9.17) is 23.2 Å². The molecule has 0 atom stereocenters. The molecule has 1 aromatic rings. The van der Waals surface area contributed by atoms with Crippen molar-refractivity contribution in [1.82, 2.24) is 4.57 Å². The molecular weight excluding hydrogens is 183 g/mol. The summed E-state index contributed by atoms with van der Waals surface area (Å²) in [5, 5.41) is 1.13. The third-order valence-corrected chi connectivity index (χ3v) is 2.38. The van der Waals surface area contributed by atoms with Gasteiger partial charge in [0.25, 0.3) is 0 Å². The number of aryl methyl sites for hydroxylation is 2. The van der Waals surface area contributed by atoms with Gasteiger partial charge in [-0.3, -0.25) is 0 Å². The van der Waals surface area contributed by atoms with E-state index in [-0.39, 0.29) is 0 Å². The highest BCUT2D eigenvalue weighted by Gasteiger charge is 2.05. The van der Waals surface area contributed by atoms with E-state index < -0.39 is 0 Å². The van der Waals surface area contributed by atoms with E-state index in [1.54, 1.807) is 9.13 Å². The average Bonchev–Trinajstić information content (AvgIpc) is 2.30. The van der Waals surface area contributed by atoms with Crippen LogP contribution in [0.4, 0.5) is 0 Å². The molecule has 0 saturated carbocycles. The van der Waals surface area contributed by atoms with E-state index in [0.29, 0.717) is 10.3 Å². The van der Waals surface area contributed by atoms with Crippen molar-refractivity contribution < 1.29 is 4.57 Å². The predicted octanol–water partition coefficient (Wildman–Crippen LogP) is 1.92. The third kappa shape index (κ3) is 1.52. The molecule has 0 aliphatic carbocycles. The van der Waals surface area contributed by atoms with Gasteiger partial charge in [0.05, 0.1) is 23.4 Å². The van der Waals surface area contributed by atoms with Crippen LogP contribution in [0, 0.1) is 6.33 Å². The second kappa shape index (κ2) is 3.46. The fourth-order valence-corrected chi connectivity index (χ4v) is 1.39. The molecule has 0 aromatic carbocycles. The summed E-state index contributed by atoms with van der Waals surface area (Å²) < 4.78 is 3.57. The lowest BCUT2D eigenvalue weighted by Gasteiger charge is -1.96. The third-order valence-electron chi connectivity index (χ3n) is 1.52. The van der Waals surface area contributed by atoms with Crippen molar-refractivity contribution in [3.05, 3.63) is 16.6 Å². The van der Waals surface area contributed by atoms with Crippen molar-refractivity contribution in [3.63, 3.8) is 0 Å². The molecule has 0 fully saturated rings. The summed E-state index contributed by atoms with van der Waals surface area (Å²) in [7, 11) is 0. The van der Waals surface area contributed by atoms with Crippen LogP contribution in [0.1, 0.15) is 13.8 Å². The van der Waals surface area contributed by atoms with E-state index >= 15 is 0 Å². The van der Waals surface area contributed by atoms with E-state index in [1.807, 2.05) is 13.8 Å². The van der Waals surface area contributed by atoms with Crippen LogP contribution in [0.2, 0.25) is 10.3 Å². The fraction of sp³-hybridized carbons (Fsp3) is 0.571. The molecule has 0 aliphatic rings. The topological polar surface area (TPSA) is 8.81 Å². The van der Waals surface area contributed by atoms with Gasteiger partial charge in [0, 0.05) is 0 Å². The van der Waals surface area contributed by atoms with Crippen LogP contribution in [-0.2, 0) is 13.1 Å². The first-order chi connectivity index (χ1) is 5.20. The quantitative estimate of drug-likeness (QED) is 0.501. The number of aromatic nitrogens is 2. The van der Waals surface area contributed by atoms with Crippen LogP contribution in [0.15, 0.2) is 0 Å². The van der Waals surface area contributed by atoms with Crippen molar-refractivity contribution in [2.75, 3.05) is 0 Å². The maximum Gasteiger partial charge on any atom is 0.206 e. The van der Waals surface area contributed by atoms with Gasteiger partial charge in [-0.15, -0.1) is 23.2 Å². The smallest absolute Gasteiger partial charge is 0.206 e. The second-order valence-electron chi connectivity index (χ2n) is 2.17. The molecule has 0 bridgehead atoms. The normalized spacial score (nSPS) is 10.5. The molecule has 2 nitrogen and oxygen atoms in total. The molecule has 0 amide bonds. The Bertz CT molecular complexity index is 231. The van der Waals surface area contributed by atoms with Crippen LogP contribution in [0.25, 0.3) is 0 Å². The SMILES string of the molecule is CCn1[c-][n+](CC)c(Cl)c1Cl. The van der Waals surface area contributed by atoms with Crippen LogP contribution in [-0.4, -0.2) is 4.57 Å². The molecule has 4 heteroatoms. The first-order valence-electron chi connectivity index (χ1n) is 3.57. The van der Waals surface area contributed by atoms with Crippen molar-refractivity contribution in [2.45, 2.75) is 26.9 Å². The molecule has 62 valence electrons. The standard InChI is InChI=1S/C7H10Cl2N2/c1-3-10-5-11(4-2)7(9)6(10)8/h3-4H2,1-2H3. The Balaban J connectivity index is 3.12. The highest BCUT2D eigenvalue weighted by Crippen LogP contribution is 2.17. The number of hydrogen-bond donors (Lipinski definition) is 0. The Kier molecular flexibility index (Phi) is 2.79. The van der Waals surface area contributed by atoms with E-state index in [1.165, 1.54) is 0 Å². The summed E-state index contributed by atoms with van der Waals surface area (Å²) in [6.07, 6.45) is 3.02. The Hall–Kier alpha value is -0.210. The number of hydrogen-bond acceptors (Lipinski definition) is 0. The highest BCUT2D eigenvalue weighted by molar-refractivity contribution is 6.39. The minimum absolute atomic E-state index is 0.566. The Morgan fingerprint density at radius 2 is 2.09 bits per heavy atom. The van der Waals surface area contributed by atoms with Crippen LogP contribution in [0.3, 0.4) is 0 Å². The number of halogens is 2. The highest BCUT2D eigenvalue weighted by atomic mass is 35.5. The Morgan fingerprint density at radius 3 is 2.36 bits per heavy atom. The lowest BCUT2D eigenvalue weighted by molar-refractivity contribution is -0.695. The average molecular weight is 193 g/mol. The molecule has 0 N–H and O–H groups in total. The first-order valence-corrected chi connectivity index (χ1v) is 4.32. The van der Waals surface area contributed by atoms with E-state index in [9.17, 15) is 0 Å². The Morgan fingerprint density at radius 1 is 1.45 bits per heavy atom. The minimum Gasteiger partial charge on any atom is -0.334 e. The monoisotopic (exact) mass is 192 g/mol. The summed E-state index contributed by atoms with van der Waals surface area (Å²) in [6, 6.07) is 0. The number of imidazole rings is 1. The molecule has 0 spiro atoms. The molecule has 1 rings (SSSR count). The maximum absolute atomic E-state index is 5.87. The van der Waals surface area contributed by atoms with Crippen molar-refractivity contribution in [3.8, 4) is 0 Å². The van der Waals surface area contributed by atoms with Crippen LogP contribution >= 0.6 is 23.2 Å². The summed E-state index contributed by atoms with van der Waals surface area (Å²) in [5.74, 6) is 0. The van der Waals surface area contributed by atoms with Gasteiger partial charge in [-0.2, -0.15) is 0 Å². The van der Waals surface area contributed by atoms with Gasteiger partial charge in [0.15, 0.2) is 0 Å².